The number of ether oxygens (including phenoxy) is 1. The fourth-order valence-electron chi connectivity index (χ4n) is 3.99. The highest BCUT2D eigenvalue weighted by Crippen LogP contribution is 2.25. The molecule has 2 aliphatic heterocycles. The lowest BCUT2D eigenvalue weighted by Gasteiger charge is -2.38. The zero-order valence-corrected chi connectivity index (χ0v) is 15.8. The molecule has 2 fully saturated rings. The number of amides is 1. The van der Waals surface area contributed by atoms with Gasteiger partial charge in [0.05, 0.1) is 18.3 Å². The summed E-state index contributed by atoms with van der Waals surface area (Å²) in [6.07, 6.45) is 6.62. The van der Waals surface area contributed by atoms with E-state index in [2.05, 4.69) is 37.1 Å². The number of likely N-dealkylation sites (N-methyl/N-ethyl adjacent to an activating group) is 1. The number of pyridine rings is 1. The lowest BCUT2D eigenvalue weighted by atomic mass is 10.1. The maximum atomic E-state index is 12.8. The second-order valence-electron chi connectivity index (χ2n) is 7.51. The van der Waals surface area contributed by atoms with Gasteiger partial charge in [-0.3, -0.25) is 4.79 Å². The molecule has 0 saturated carbocycles. The summed E-state index contributed by atoms with van der Waals surface area (Å²) in [5.74, 6) is -0.0312. The third kappa shape index (κ3) is 4.01. The molecular weight excluding hydrogens is 344 g/mol. The van der Waals surface area contributed by atoms with E-state index in [9.17, 15) is 4.79 Å². The predicted octanol–water partition coefficient (Wildman–Crippen LogP) is 0.829. The van der Waals surface area contributed by atoms with Crippen molar-refractivity contribution in [3.63, 3.8) is 0 Å². The number of piperidine rings is 1. The van der Waals surface area contributed by atoms with Crippen LogP contribution in [-0.4, -0.2) is 77.2 Å². The van der Waals surface area contributed by atoms with Gasteiger partial charge in [0.2, 0.25) is 0 Å². The fourth-order valence-corrected chi connectivity index (χ4v) is 3.99. The van der Waals surface area contributed by atoms with E-state index in [4.69, 9.17) is 4.74 Å². The molecule has 4 rings (SSSR count). The standard InChI is InChI=1S/C19H26N6O2/c1-13-10-25(15-5-6-21-18-17(15)20-7-8-22-18)12-16(27-13)19(26)23-14-4-3-9-24(2)11-14/h5-8,13-14,16H,3-4,9-12H2,1-2H3,(H,23,26)/t13-,14-,16-/m1/s1. The second kappa shape index (κ2) is 7.74. The molecule has 2 aromatic rings. The van der Waals surface area contributed by atoms with Crippen molar-refractivity contribution in [3.05, 3.63) is 24.7 Å². The quantitative estimate of drug-likeness (QED) is 0.857. The first-order valence-electron chi connectivity index (χ1n) is 9.55. The normalized spacial score (nSPS) is 26.9. The molecule has 0 bridgehead atoms. The maximum absolute atomic E-state index is 12.8. The molecule has 2 aliphatic rings. The number of fused-ring (bicyclic) bond motifs is 1. The average Bonchev–Trinajstić information content (AvgIpc) is 2.67. The van der Waals surface area contributed by atoms with Crippen LogP contribution in [-0.2, 0) is 9.53 Å². The van der Waals surface area contributed by atoms with Crippen LogP contribution in [0.25, 0.3) is 11.2 Å². The number of rotatable bonds is 3. The number of nitrogens with zero attached hydrogens (tertiary/aromatic N) is 5. The summed E-state index contributed by atoms with van der Waals surface area (Å²) in [7, 11) is 2.09. The smallest absolute Gasteiger partial charge is 0.251 e. The number of hydrogen-bond donors (Lipinski definition) is 1. The lowest BCUT2D eigenvalue weighted by Crippen LogP contribution is -2.56. The van der Waals surface area contributed by atoms with Crippen LogP contribution in [0.1, 0.15) is 19.8 Å². The van der Waals surface area contributed by atoms with E-state index in [0.29, 0.717) is 18.7 Å². The number of likely N-dealkylation sites (tertiary alicyclic amines) is 1. The number of anilines is 1. The van der Waals surface area contributed by atoms with Crippen molar-refractivity contribution in [1.82, 2.24) is 25.2 Å². The molecular formula is C19H26N6O2. The fraction of sp³-hybridized carbons (Fsp3) is 0.579. The average molecular weight is 370 g/mol. The number of carbonyl (C=O) groups is 1. The molecule has 27 heavy (non-hydrogen) atoms. The Morgan fingerprint density at radius 3 is 2.85 bits per heavy atom. The van der Waals surface area contributed by atoms with Crippen molar-refractivity contribution in [3.8, 4) is 0 Å². The highest BCUT2D eigenvalue weighted by Gasteiger charge is 2.33. The number of carbonyl (C=O) groups excluding carboxylic acids is 1. The molecule has 0 aliphatic carbocycles. The van der Waals surface area contributed by atoms with Crippen LogP contribution in [0.2, 0.25) is 0 Å². The van der Waals surface area contributed by atoms with Gasteiger partial charge < -0.3 is 19.9 Å². The summed E-state index contributed by atoms with van der Waals surface area (Å²) in [6.45, 7) is 5.17. The van der Waals surface area contributed by atoms with E-state index < -0.39 is 6.10 Å². The minimum absolute atomic E-state index is 0.0312. The Hall–Kier alpha value is -2.32. The predicted molar refractivity (Wildman–Crippen MR) is 103 cm³/mol. The van der Waals surface area contributed by atoms with Gasteiger partial charge in [-0.25, -0.2) is 15.0 Å². The van der Waals surface area contributed by atoms with E-state index in [1.54, 1.807) is 18.6 Å². The van der Waals surface area contributed by atoms with Crippen molar-refractivity contribution in [1.29, 1.82) is 0 Å². The van der Waals surface area contributed by atoms with Gasteiger partial charge >= 0.3 is 0 Å². The number of aromatic nitrogens is 3. The Bertz CT molecular complexity index is 810. The maximum Gasteiger partial charge on any atom is 0.251 e. The van der Waals surface area contributed by atoms with Gasteiger partial charge in [-0.1, -0.05) is 0 Å². The minimum Gasteiger partial charge on any atom is -0.364 e. The highest BCUT2D eigenvalue weighted by atomic mass is 16.5. The van der Waals surface area contributed by atoms with Crippen LogP contribution in [0.5, 0.6) is 0 Å². The van der Waals surface area contributed by atoms with Crippen molar-refractivity contribution >= 4 is 22.8 Å². The molecule has 1 N–H and O–H groups in total. The zero-order valence-electron chi connectivity index (χ0n) is 15.8. The molecule has 0 spiro atoms. The van der Waals surface area contributed by atoms with E-state index in [-0.39, 0.29) is 18.1 Å². The van der Waals surface area contributed by atoms with Gasteiger partial charge in [-0.15, -0.1) is 0 Å². The van der Waals surface area contributed by atoms with E-state index in [1.165, 1.54) is 0 Å². The van der Waals surface area contributed by atoms with E-state index in [1.807, 2.05) is 13.0 Å². The number of morpholine rings is 1. The van der Waals surface area contributed by atoms with Crippen LogP contribution < -0.4 is 10.2 Å². The van der Waals surface area contributed by atoms with Crippen LogP contribution in [0, 0.1) is 0 Å². The van der Waals surface area contributed by atoms with Crippen LogP contribution in [0.15, 0.2) is 24.7 Å². The summed E-state index contributed by atoms with van der Waals surface area (Å²) in [5.41, 5.74) is 2.31. The molecule has 2 aromatic heterocycles. The molecule has 3 atom stereocenters. The zero-order chi connectivity index (χ0) is 18.8. The first-order valence-corrected chi connectivity index (χ1v) is 9.55. The topological polar surface area (TPSA) is 83.5 Å². The molecule has 0 aromatic carbocycles. The van der Waals surface area contributed by atoms with Crippen LogP contribution in [0.4, 0.5) is 5.69 Å². The van der Waals surface area contributed by atoms with Crippen molar-refractivity contribution < 1.29 is 9.53 Å². The van der Waals surface area contributed by atoms with Crippen LogP contribution in [0.3, 0.4) is 0 Å². The van der Waals surface area contributed by atoms with Crippen molar-refractivity contribution in [2.24, 2.45) is 0 Å². The van der Waals surface area contributed by atoms with E-state index in [0.717, 1.165) is 37.1 Å². The summed E-state index contributed by atoms with van der Waals surface area (Å²) in [5, 5.41) is 3.18. The summed E-state index contributed by atoms with van der Waals surface area (Å²) >= 11 is 0. The summed E-state index contributed by atoms with van der Waals surface area (Å²) in [4.78, 5) is 30.2. The van der Waals surface area contributed by atoms with Gasteiger partial charge in [0, 0.05) is 37.7 Å². The van der Waals surface area contributed by atoms with Gasteiger partial charge in [0.25, 0.3) is 5.91 Å². The molecule has 144 valence electrons. The molecule has 2 saturated heterocycles. The third-order valence-electron chi connectivity index (χ3n) is 5.22. The minimum atomic E-state index is -0.499. The Morgan fingerprint density at radius 2 is 2.00 bits per heavy atom. The molecule has 1 amide bonds. The second-order valence-corrected chi connectivity index (χ2v) is 7.51. The first-order chi connectivity index (χ1) is 13.1. The van der Waals surface area contributed by atoms with Gasteiger partial charge in [-0.05, 0) is 39.4 Å². The summed E-state index contributed by atoms with van der Waals surface area (Å²) in [6, 6.07) is 2.12. The Labute approximate surface area is 158 Å². The molecule has 0 radical (unpaired) electrons. The first kappa shape index (κ1) is 18.1. The SMILES string of the molecule is C[C@@H]1CN(c2ccnc3nccnc23)C[C@H](C(=O)N[C@@H]2CCCN(C)C2)O1. The van der Waals surface area contributed by atoms with Gasteiger partial charge in [0.15, 0.2) is 11.8 Å². The monoisotopic (exact) mass is 370 g/mol. The molecule has 8 nitrogen and oxygen atoms in total. The lowest BCUT2D eigenvalue weighted by molar-refractivity contribution is -0.138. The molecule has 4 heterocycles. The van der Waals surface area contributed by atoms with Crippen molar-refractivity contribution in [2.75, 3.05) is 38.1 Å². The van der Waals surface area contributed by atoms with E-state index >= 15 is 0 Å². The Morgan fingerprint density at radius 1 is 1.19 bits per heavy atom. The van der Waals surface area contributed by atoms with Gasteiger partial charge in [0.1, 0.15) is 5.52 Å². The number of hydrogen-bond acceptors (Lipinski definition) is 7. The Kier molecular flexibility index (Phi) is 5.18. The molecule has 0 unspecified atom stereocenters. The number of nitrogens with one attached hydrogen (secondary N) is 1. The largest absolute Gasteiger partial charge is 0.364 e. The van der Waals surface area contributed by atoms with Gasteiger partial charge in [-0.2, -0.15) is 0 Å². The summed E-state index contributed by atoms with van der Waals surface area (Å²) < 4.78 is 5.96. The molecule has 8 heteroatoms. The Balaban J connectivity index is 1.50. The highest BCUT2D eigenvalue weighted by molar-refractivity contribution is 5.86. The van der Waals surface area contributed by atoms with Crippen molar-refractivity contribution in [2.45, 2.75) is 38.0 Å². The van der Waals surface area contributed by atoms with Crippen LogP contribution >= 0.6 is 0 Å². The third-order valence-corrected chi connectivity index (χ3v) is 5.22.